The molecule has 3 nitrogen and oxygen atoms in total. The third-order valence-electron chi connectivity index (χ3n) is 4.62. The van der Waals surface area contributed by atoms with Crippen molar-refractivity contribution in [1.82, 2.24) is 0 Å². The molecule has 2 saturated carbocycles. The first-order chi connectivity index (χ1) is 9.11. The zero-order chi connectivity index (χ0) is 13.4. The highest BCUT2D eigenvalue weighted by atomic mass is 19.1. The third kappa shape index (κ3) is 2.57. The van der Waals surface area contributed by atoms with Crippen LogP contribution in [0, 0.1) is 23.6 Å². The summed E-state index contributed by atoms with van der Waals surface area (Å²) in [4.78, 5) is 12.0. The van der Waals surface area contributed by atoms with Crippen LogP contribution in [0.5, 0.6) is 0 Å². The Labute approximate surface area is 112 Å². The number of benzene rings is 1. The lowest BCUT2D eigenvalue weighted by Gasteiger charge is -2.21. The van der Waals surface area contributed by atoms with Crippen molar-refractivity contribution < 1.29 is 9.18 Å². The Kier molecular flexibility index (Phi) is 3.17. The molecule has 2 bridgehead atoms. The van der Waals surface area contributed by atoms with Gasteiger partial charge in [0.1, 0.15) is 5.82 Å². The maximum absolute atomic E-state index is 13.1. The Hall–Kier alpha value is -1.58. The van der Waals surface area contributed by atoms with E-state index in [0.717, 1.165) is 11.8 Å². The Balaban J connectivity index is 1.61. The Bertz CT molecular complexity index is 503. The second-order valence-electron chi connectivity index (χ2n) is 5.92. The molecular formula is C15H19FN2O. The summed E-state index contributed by atoms with van der Waals surface area (Å²) in [7, 11) is 0. The number of nitrogens with one attached hydrogen (secondary N) is 1. The van der Waals surface area contributed by atoms with Gasteiger partial charge in [0.15, 0.2) is 0 Å². The number of hydrogen-bond donors (Lipinski definition) is 2. The smallest absolute Gasteiger partial charge is 0.224 e. The number of amides is 1. The normalized spacial score (nSPS) is 28.6. The summed E-state index contributed by atoms with van der Waals surface area (Å²) in [5.41, 5.74) is 6.51. The van der Waals surface area contributed by atoms with Crippen molar-refractivity contribution in [3.8, 4) is 0 Å². The molecule has 0 saturated heterocycles. The number of fused-ring (bicyclic) bond motifs is 2. The summed E-state index contributed by atoms with van der Waals surface area (Å²) in [6, 6.07) is 4.04. The zero-order valence-corrected chi connectivity index (χ0v) is 10.9. The van der Waals surface area contributed by atoms with Crippen molar-refractivity contribution in [3.63, 3.8) is 0 Å². The molecule has 2 aliphatic rings. The highest BCUT2D eigenvalue weighted by molar-refractivity contribution is 5.93. The summed E-state index contributed by atoms with van der Waals surface area (Å²) in [6.07, 6.45) is 5.61. The third-order valence-corrected chi connectivity index (χ3v) is 4.62. The van der Waals surface area contributed by atoms with Crippen LogP contribution in [0.1, 0.15) is 32.1 Å². The first-order valence-corrected chi connectivity index (χ1v) is 6.96. The van der Waals surface area contributed by atoms with E-state index < -0.39 is 0 Å². The zero-order valence-electron chi connectivity index (χ0n) is 10.9. The molecule has 0 radical (unpaired) electrons. The molecule has 0 aromatic heterocycles. The number of carbonyl (C=O) groups excluding carboxylic acids is 1. The first kappa shape index (κ1) is 12.5. The summed E-state index contributed by atoms with van der Waals surface area (Å²) < 4.78 is 13.1. The fourth-order valence-electron chi connectivity index (χ4n) is 3.70. The van der Waals surface area contributed by atoms with Crippen LogP contribution in [0.2, 0.25) is 0 Å². The molecule has 3 unspecified atom stereocenters. The molecule has 3 rings (SSSR count). The van der Waals surface area contributed by atoms with Crippen molar-refractivity contribution in [2.24, 2.45) is 17.8 Å². The molecule has 1 aromatic carbocycles. The lowest BCUT2D eigenvalue weighted by Crippen LogP contribution is -2.20. The van der Waals surface area contributed by atoms with Crippen LogP contribution in [0.25, 0.3) is 0 Å². The quantitative estimate of drug-likeness (QED) is 0.822. The van der Waals surface area contributed by atoms with E-state index >= 15 is 0 Å². The molecule has 19 heavy (non-hydrogen) atoms. The molecule has 3 N–H and O–H groups in total. The number of rotatable bonds is 3. The van der Waals surface area contributed by atoms with Crippen molar-refractivity contribution in [3.05, 3.63) is 24.0 Å². The van der Waals surface area contributed by atoms with Gasteiger partial charge in [-0.3, -0.25) is 4.79 Å². The number of anilines is 2. The van der Waals surface area contributed by atoms with Crippen LogP contribution in [0.4, 0.5) is 15.8 Å². The van der Waals surface area contributed by atoms with Gasteiger partial charge in [-0.2, -0.15) is 0 Å². The molecule has 102 valence electrons. The van der Waals surface area contributed by atoms with Crippen LogP contribution in [-0.4, -0.2) is 5.91 Å². The summed E-state index contributed by atoms with van der Waals surface area (Å²) in [6.45, 7) is 0. The van der Waals surface area contributed by atoms with E-state index in [0.29, 0.717) is 23.7 Å². The van der Waals surface area contributed by atoms with Crippen molar-refractivity contribution in [2.45, 2.75) is 32.1 Å². The monoisotopic (exact) mass is 262 g/mol. The topological polar surface area (TPSA) is 55.1 Å². The van der Waals surface area contributed by atoms with Crippen molar-refractivity contribution >= 4 is 17.3 Å². The average molecular weight is 262 g/mol. The van der Waals surface area contributed by atoms with Crippen molar-refractivity contribution in [2.75, 3.05) is 11.1 Å². The maximum Gasteiger partial charge on any atom is 0.224 e. The highest BCUT2D eigenvalue weighted by Gasteiger charge is 2.40. The van der Waals surface area contributed by atoms with E-state index in [9.17, 15) is 9.18 Å². The van der Waals surface area contributed by atoms with Gasteiger partial charge in [0.25, 0.3) is 0 Å². The molecule has 4 heteroatoms. The number of hydrogen-bond acceptors (Lipinski definition) is 2. The van der Waals surface area contributed by atoms with E-state index in [1.165, 1.54) is 43.9 Å². The highest BCUT2D eigenvalue weighted by Crippen LogP contribution is 2.49. The van der Waals surface area contributed by atoms with Gasteiger partial charge in [-0.1, -0.05) is 6.42 Å². The first-order valence-electron chi connectivity index (χ1n) is 6.96. The Morgan fingerprint density at radius 1 is 1.37 bits per heavy atom. The number of nitrogens with two attached hydrogens (primary N) is 1. The van der Waals surface area contributed by atoms with E-state index in [2.05, 4.69) is 5.32 Å². The standard InChI is InChI=1S/C15H19FN2O/c16-12-3-4-13(17)14(8-12)18-15(19)7-11-6-9-1-2-10(11)5-9/h3-4,8-11H,1-2,5-7,17H2,(H,18,19). The molecule has 3 atom stereocenters. The van der Waals surface area contributed by atoms with E-state index in [4.69, 9.17) is 5.73 Å². The largest absolute Gasteiger partial charge is 0.397 e. The fraction of sp³-hybridized carbons (Fsp3) is 0.533. The van der Waals surface area contributed by atoms with Gasteiger partial charge in [-0.05, 0) is 55.2 Å². The molecule has 0 spiro atoms. The van der Waals surface area contributed by atoms with Gasteiger partial charge >= 0.3 is 0 Å². The van der Waals surface area contributed by atoms with Gasteiger partial charge in [0.05, 0.1) is 11.4 Å². The van der Waals surface area contributed by atoms with E-state index in [1.54, 1.807) is 0 Å². The Morgan fingerprint density at radius 2 is 2.21 bits per heavy atom. The predicted octanol–water partition coefficient (Wildman–Crippen LogP) is 3.17. The lowest BCUT2D eigenvalue weighted by molar-refractivity contribution is -0.117. The van der Waals surface area contributed by atoms with E-state index in [1.807, 2.05) is 0 Å². The number of carbonyl (C=O) groups is 1. The van der Waals surface area contributed by atoms with Gasteiger partial charge < -0.3 is 11.1 Å². The molecule has 0 heterocycles. The average Bonchev–Trinajstić information content (AvgIpc) is 2.96. The van der Waals surface area contributed by atoms with Gasteiger partial charge in [-0.25, -0.2) is 4.39 Å². The summed E-state index contributed by atoms with van der Waals surface area (Å²) >= 11 is 0. The van der Waals surface area contributed by atoms with Crippen LogP contribution < -0.4 is 11.1 Å². The maximum atomic E-state index is 13.1. The number of halogens is 1. The second kappa shape index (κ2) is 4.83. The summed E-state index contributed by atoms with van der Waals surface area (Å²) in [5.74, 6) is 1.63. The molecular weight excluding hydrogens is 243 g/mol. The molecule has 0 aliphatic heterocycles. The molecule has 2 fully saturated rings. The molecule has 1 aromatic rings. The minimum Gasteiger partial charge on any atom is -0.397 e. The molecule has 1 amide bonds. The summed E-state index contributed by atoms with van der Waals surface area (Å²) in [5, 5.41) is 2.73. The van der Waals surface area contributed by atoms with Gasteiger partial charge in [-0.15, -0.1) is 0 Å². The fourth-order valence-corrected chi connectivity index (χ4v) is 3.70. The minimum absolute atomic E-state index is 0.0464. The predicted molar refractivity (Wildman–Crippen MR) is 73.0 cm³/mol. The minimum atomic E-state index is -0.385. The number of nitrogen functional groups attached to an aromatic ring is 1. The SMILES string of the molecule is Nc1ccc(F)cc1NC(=O)CC1CC2CCC1C2. The molecule has 2 aliphatic carbocycles. The van der Waals surface area contributed by atoms with Crippen LogP contribution in [0.15, 0.2) is 18.2 Å². The Morgan fingerprint density at radius 3 is 2.89 bits per heavy atom. The van der Waals surface area contributed by atoms with Crippen LogP contribution in [0.3, 0.4) is 0 Å². The van der Waals surface area contributed by atoms with Gasteiger partial charge in [0, 0.05) is 6.42 Å². The van der Waals surface area contributed by atoms with Crippen LogP contribution >= 0.6 is 0 Å². The second-order valence-corrected chi connectivity index (χ2v) is 5.92. The van der Waals surface area contributed by atoms with Crippen molar-refractivity contribution in [1.29, 1.82) is 0 Å². The van der Waals surface area contributed by atoms with Gasteiger partial charge in [0.2, 0.25) is 5.91 Å². The van der Waals surface area contributed by atoms with E-state index in [-0.39, 0.29) is 11.7 Å². The lowest BCUT2D eigenvalue weighted by atomic mass is 9.86. The van der Waals surface area contributed by atoms with Crippen LogP contribution in [-0.2, 0) is 4.79 Å².